The molecule has 0 aliphatic heterocycles. The van der Waals surface area contributed by atoms with Crippen LogP contribution >= 0.6 is 39.9 Å². The Bertz CT molecular complexity index is 435. The lowest BCUT2D eigenvalue weighted by molar-refractivity contribution is 0.617. The average Bonchev–Trinajstić information content (AvgIpc) is 3.12. The fourth-order valence-electron chi connectivity index (χ4n) is 1.45. The van der Waals surface area contributed by atoms with E-state index in [1.165, 1.54) is 18.9 Å². The van der Waals surface area contributed by atoms with Crippen molar-refractivity contribution in [2.24, 2.45) is 4.99 Å². The minimum Gasteiger partial charge on any atom is -0.354 e. The molecular weight excluding hydrogens is 412 g/mol. The minimum absolute atomic E-state index is 0. The number of aliphatic imine (C=N–C) groups is 1. The summed E-state index contributed by atoms with van der Waals surface area (Å²) in [7, 11) is 1.74. The zero-order valence-corrected chi connectivity index (χ0v) is 14.0. The molecule has 0 unspecified atom stereocenters. The Morgan fingerprint density at radius 1 is 1.50 bits per heavy atom. The van der Waals surface area contributed by atoms with Gasteiger partial charge in [-0.25, -0.2) is 4.39 Å². The zero-order chi connectivity index (χ0) is 12.3. The number of benzene rings is 1. The van der Waals surface area contributed by atoms with Crippen LogP contribution in [0.2, 0.25) is 0 Å². The number of hydrogen-bond acceptors (Lipinski definition) is 1. The predicted molar refractivity (Wildman–Crippen MR) is 85.9 cm³/mol. The SMILES string of the molecule is CN=C(NCc1ccc(Br)c(F)c1)NC1CC1.I. The van der Waals surface area contributed by atoms with E-state index in [0.29, 0.717) is 17.1 Å². The quantitative estimate of drug-likeness (QED) is 0.442. The Labute approximate surface area is 132 Å². The first-order valence-corrected chi connectivity index (χ1v) is 6.39. The highest BCUT2D eigenvalue weighted by atomic mass is 127. The maximum atomic E-state index is 13.3. The second-order valence-corrected chi connectivity index (χ2v) is 4.95. The molecule has 1 aliphatic rings. The van der Waals surface area contributed by atoms with Gasteiger partial charge in [0.2, 0.25) is 0 Å². The van der Waals surface area contributed by atoms with Crippen LogP contribution < -0.4 is 10.6 Å². The van der Waals surface area contributed by atoms with Gasteiger partial charge in [-0.05, 0) is 46.5 Å². The number of halogens is 3. The van der Waals surface area contributed by atoms with Crippen LogP contribution in [0.15, 0.2) is 27.7 Å². The minimum atomic E-state index is -0.241. The third-order valence-electron chi connectivity index (χ3n) is 2.59. The summed E-state index contributed by atoms with van der Waals surface area (Å²) in [4.78, 5) is 4.11. The summed E-state index contributed by atoms with van der Waals surface area (Å²) in [6.07, 6.45) is 2.40. The Balaban J connectivity index is 0.00000162. The van der Waals surface area contributed by atoms with E-state index in [1.54, 1.807) is 13.1 Å². The molecule has 1 aromatic carbocycles. The molecule has 0 amide bonds. The molecule has 0 bridgehead atoms. The summed E-state index contributed by atoms with van der Waals surface area (Å²) in [5.74, 6) is 0.533. The first-order valence-electron chi connectivity index (χ1n) is 5.60. The van der Waals surface area contributed by atoms with Crippen molar-refractivity contribution in [2.75, 3.05) is 7.05 Å². The highest BCUT2D eigenvalue weighted by Crippen LogP contribution is 2.18. The third-order valence-corrected chi connectivity index (χ3v) is 3.23. The molecule has 1 saturated carbocycles. The Hall–Kier alpha value is -0.370. The first kappa shape index (κ1) is 15.7. The number of hydrogen-bond donors (Lipinski definition) is 2. The normalized spacial score (nSPS) is 14.9. The molecule has 2 N–H and O–H groups in total. The lowest BCUT2D eigenvalue weighted by Gasteiger charge is -2.11. The van der Waals surface area contributed by atoms with Crippen LogP contribution in [0.25, 0.3) is 0 Å². The number of rotatable bonds is 3. The molecule has 0 radical (unpaired) electrons. The molecule has 1 aromatic rings. The Morgan fingerprint density at radius 2 is 2.22 bits per heavy atom. The van der Waals surface area contributed by atoms with Gasteiger partial charge in [-0.3, -0.25) is 4.99 Å². The van der Waals surface area contributed by atoms with Crippen LogP contribution in [0.4, 0.5) is 4.39 Å². The molecule has 100 valence electrons. The van der Waals surface area contributed by atoms with Crippen molar-refractivity contribution in [3.05, 3.63) is 34.1 Å². The first-order chi connectivity index (χ1) is 8.19. The third kappa shape index (κ3) is 4.72. The lowest BCUT2D eigenvalue weighted by atomic mass is 10.2. The molecule has 0 aromatic heterocycles. The van der Waals surface area contributed by atoms with Gasteiger partial charge in [0.25, 0.3) is 0 Å². The standard InChI is InChI=1S/C12H15BrFN3.HI/c1-15-12(17-9-3-4-9)16-7-8-2-5-10(13)11(14)6-8;/h2,5-6,9H,3-4,7H2,1H3,(H2,15,16,17);1H. The molecule has 1 aliphatic carbocycles. The second kappa shape index (κ2) is 7.28. The number of nitrogens with zero attached hydrogens (tertiary/aromatic N) is 1. The van der Waals surface area contributed by atoms with Gasteiger partial charge in [-0.15, -0.1) is 24.0 Å². The van der Waals surface area contributed by atoms with E-state index < -0.39 is 0 Å². The highest BCUT2D eigenvalue weighted by molar-refractivity contribution is 14.0. The topological polar surface area (TPSA) is 36.4 Å². The fourth-order valence-corrected chi connectivity index (χ4v) is 1.70. The Kier molecular flexibility index (Phi) is 6.34. The summed E-state index contributed by atoms with van der Waals surface area (Å²) >= 11 is 3.13. The Morgan fingerprint density at radius 3 is 2.78 bits per heavy atom. The van der Waals surface area contributed by atoms with Gasteiger partial charge in [-0.2, -0.15) is 0 Å². The van der Waals surface area contributed by atoms with E-state index in [0.717, 1.165) is 11.5 Å². The molecule has 6 heteroatoms. The van der Waals surface area contributed by atoms with Gasteiger partial charge in [0.05, 0.1) is 4.47 Å². The van der Waals surface area contributed by atoms with Gasteiger partial charge >= 0.3 is 0 Å². The predicted octanol–water partition coefficient (Wildman–Crippen LogP) is 3.03. The van der Waals surface area contributed by atoms with Crippen LogP contribution in [0.1, 0.15) is 18.4 Å². The van der Waals surface area contributed by atoms with Crippen molar-refractivity contribution in [3.63, 3.8) is 0 Å². The van der Waals surface area contributed by atoms with Crippen molar-refractivity contribution < 1.29 is 4.39 Å². The van der Waals surface area contributed by atoms with Crippen molar-refractivity contribution in [2.45, 2.75) is 25.4 Å². The smallest absolute Gasteiger partial charge is 0.191 e. The van der Waals surface area contributed by atoms with Crippen LogP contribution in [-0.4, -0.2) is 19.0 Å². The molecule has 0 saturated heterocycles. The van der Waals surface area contributed by atoms with Crippen LogP contribution in [0.5, 0.6) is 0 Å². The lowest BCUT2D eigenvalue weighted by Crippen LogP contribution is -2.38. The molecular formula is C12H16BrFIN3. The van der Waals surface area contributed by atoms with E-state index >= 15 is 0 Å². The zero-order valence-electron chi connectivity index (χ0n) is 10.0. The van der Waals surface area contributed by atoms with Crippen LogP contribution in [0.3, 0.4) is 0 Å². The van der Waals surface area contributed by atoms with Gasteiger partial charge in [0.15, 0.2) is 5.96 Å². The van der Waals surface area contributed by atoms with Gasteiger partial charge in [-0.1, -0.05) is 6.07 Å². The van der Waals surface area contributed by atoms with Crippen molar-refractivity contribution in [1.82, 2.24) is 10.6 Å². The van der Waals surface area contributed by atoms with Crippen molar-refractivity contribution in [1.29, 1.82) is 0 Å². The van der Waals surface area contributed by atoms with Crippen molar-refractivity contribution in [3.8, 4) is 0 Å². The van der Waals surface area contributed by atoms with Gasteiger partial charge in [0.1, 0.15) is 5.82 Å². The fraction of sp³-hybridized carbons (Fsp3) is 0.417. The van der Waals surface area contributed by atoms with Crippen LogP contribution in [0, 0.1) is 5.82 Å². The summed E-state index contributed by atoms with van der Waals surface area (Å²) in [6, 6.07) is 5.66. The molecule has 0 heterocycles. The second-order valence-electron chi connectivity index (χ2n) is 4.09. The monoisotopic (exact) mass is 427 g/mol. The molecule has 2 rings (SSSR count). The van der Waals surface area contributed by atoms with E-state index in [9.17, 15) is 4.39 Å². The summed E-state index contributed by atoms with van der Waals surface area (Å²) in [6.45, 7) is 0.566. The largest absolute Gasteiger partial charge is 0.354 e. The summed E-state index contributed by atoms with van der Waals surface area (Å²) < 4.78 is 13.8. The summed E-state index contributed by atoms with van der Waals surface area (Å²) in [5, 5.41) is 6.43. The maximum Gasteiger partial charge on any atom is 0.191 e. The molecule has 3 nitrogen and oxygen atoms in total. The summed E-state index contributed by atoms with van der Waals surface area (Å²) in [5.41, 5.74) is 0.893. The number of guanidine groups is 1. The van der Waals surface area contributed by atoms with E-state index in [2.05, 4.69) is 31.6 Å². The van der Waals surface area contributed by atoms with Crippen LogP contribution in [-0.2, 0) is 6.54 Å². The number of nitrogens with one attached hydrogen (secondary N) is 2. The average molecular weight is 428 g/mol. The molecule has 0 atom stereocenters. The molecule has 0 spiro atoms. The molecule has 18 heavy (non-hydrogen) atoms. The van der Waals surface area contributed by atoms with Gasteiger partial charge < -0.3 is 10.6 Å². The van der Waals surface area contributed by atoms with Gasteiger partial charge in [0, 0.05) is 19.6 Å². The highest BCUT2D eigenvalue weighted by Gasteiger charge is 2.21. The van der Waals surface area contributed by atoms with E-state index in [1.807, 2.05) is 6.07 Å². The van der Waals surface area contributed by atoms with Crippen molar-refractivity contribution >= 4 is 45.9 Å². The molecule has 1 fully saturated rings. The maximum absolute atomic E-state index is 13.3. The van der Waals surface area contributed by atoms with E-state index in [4.69, 9.17) is 0 Å². The van der Waals surface area contributed by atoms with E-state index in [-0.39, 0.29) is 29.8 Å².